The number of rotatable bonds is 5. The summed E-state index contributed by atoms with van der Waals surface area (Å²) < 4.78 is 16.2. The summed E-state index contributed by atoms with van der Waals surface area (Å²) in [6.45, 7) is 1.55. The molecule has 0 aliphatic carbocycles. The van der Waals surface area contributed by atoms with Crippen LogP contribution in [0.5, 0.6) is 17.2 Å². The van der Waals surface area contributed by atoms with Crippen LogP contribution < -0.4 is 19.5 Å². The predicted molar refractivity (Wildman–Crippen MR) is 78.0 cm³/mol. The van der Waals surface area contributed by atoms with Gasteiger partial charge in [-0.25, -0.2) is 0 Å². The van der Waals surface area contributed by atoms with Crippen molar-refractivity contribution >= 4 is 17.3 Å². The lowest BCUT2D eigenvalue weighted by Crippen LogP contribution is -2.11. The van der Waals surface area contributed by atoms with Gasteiger partial charge >= 0.3 is 0 Å². The molecule has 1 N–H and O–H groups in total. The quantitative estimate of drug-likeness (QED) is 0.855. The van der Waals surface area contributed by atoms with Crippen LogP contribution in [0.15, 0.2) is 42.5 Å². The molecule has 0 saturated heterocycles. The lowest BCUT2D eigenvalue weighted by atomic mass is 10.3. The van der Waals surface area contributed by atoms with Gasteiger partial charge in [0.1, 0.15) is 12.4 Å². The number of hydrogen-bond donors (Lipinski definition) is 1. The minimum absolute atomic E-state index is 0.290. The molecule has 1 aliphatic rings. The molecule has 104 valence electrons. The van der Waals surface area contributed by atoms with Crippen LogP contribution in [0.3, 0.4) is 0 Å². The highest BCUT2D eigenvalue weighted by atomic mass is 35.5. The molecule has 1 heterocycles. The third-order valence-electron chi connectivity index (χ3n) is 2.89. The molecule has 0 fully saturated rings. The molecular formula is C15H14ClNO3. The van der Waals surface area contributed by atoms with E-state index < -0.39 is 0 Å². The van der Waals surface area contributed by atoms with Gasteiger partial charge < -0.3 is 19.5 Å². The molecule has 0 saturated carbocycles. The van der Waals surface area contributed by atoms with Crippen molar-refractivity contribution < 1.29 is 14.2 Å². The van der Waals surface area contributed by atoms with Crippen molar-refractivity contribution in [1.82, 2.24) is 0 Å². The van der Waals surface area contributed by atoms with Crippen molar-refractivity contribution in [3.63, 3.8) is 0 Å². The molecule has 2 aromatic carbocycles. The highest BCUT2D eigenvalue weighted by Gasteiger charge is 2.12. The van der Waals surface area contributed by atoms with Gasteiger partial charge in [-0.15, -0.1) is 0 Å². The number of ether oxygens (including phenoxy) is 3. The minimum Gasteiger partial charge on any atom is -0.492 e. The van der Waals surface area contributed by atoms with Crippen LogP contribution in [0, 0.1) is 0 Å². The smallest absolute Gasteiger partial charge is 0.231 e. The molecular weight excluding hydrogens is 278 g/mol. The first-order chi connectivity index (χ1) is 9.81. The summed E-state index contributed by atoms with van der Waals surface area (Å²) in [7, 11) is 0. The minimum atomic E-state index is 0.290. The van der Waals surface area contributed by atoms with Crippen molar-refractivity contribution in [3.8, 4) is 17.2 Å². The fourth-order valence-corrected chi connectivity index (χ4v) is 2.03. The molecule has 0 spiro atoms. The molecule has 3 rings (SSSR count). The van der Waals surface area contributed by atoms with Crippen molar-refractivity contribution in [3.05, 3.63) is 47.5 Å². The van der Waals surface area contributed by atoms with E-state index in [9.17, 15) is 0 Å². The molecule has 0 amide bonds. The zero-order valence-electron chi connectivity index (χ0n) is 10.8. The van der Waals surface area contributed by atoms with Gasteiger partial charge in [-0.1, -0.05) is 11.6 Å². The molecule has 0 radical (unpaired) electrons. The van der Waals surface area contributed by atoms with Crippen LogP contribution in [-0.4, -0.2) is 19.9 Å². The Morgan fingerprint density at radius 2 is 1.85 bits per heavy atom. The van der Waals surface area contributed by atoms with E-state index in [0.717, 1.165) is 22.9 Å². The standard InChI is InChI=1S/C15H14ClNO3/c16-11-1-4-13(5-2-11)18-8-7-17-12-3-6-14-15(9-12)20-10-19-14/h1-6,9,17H,7-8,10H2. The summed E-state index contributed by atoms with van der Waals surface area (Å²) in [4.78, 5) is 0. The summed E-state index contributed by atoms with van der Waals surface area (Å²) in [5.74, 6) is 2.36. The Balaban J connectivity index is 1.47. The van der Waals surface area contributed by atoms with Gasteiger partial charge in [-0.05, 0) is 36.4 Å². The second-order valence-electron chi connectivity index (χ2n) is 4.30. The number of nitrogens with one attached hydrogen (secondary N) is 1. The van der Waals surface area contributed by atoms with E-state index >= 15 is 0 Å². The first-order valence-corrected chi connectivity index (χ1v) is 6.71. The molecule has 20 heavy (non-hydrogen) atoms. The Morgan fingerprint density at radius 1 is 1.05 bits per heavy atom. The van der Waals surface area contributed by atoms with Gasteiger partial charge in [0, 0.05) is 23.3 Å². The Morgan fingerprint density at radius 3 is 2.70 bits per heavy atom. The van der Waals surface area contributed by atoms with E-state index in [1.807, 2.05) is 42.5 Å². The maximum atomic E-state index is 5.81. The second kappa shape index (κ2) is 5.92. The zero-order chi connectivity index (χ0) is 13.8. The van der Waals surface area contributed by atoms with Crippen molar-refractivity contribution in [1.29, 1.82) is 0 Å². The lowest BCUT2D eigenvalue weighted by molar-refractivity contribution is 0.174. The maximum Gasteiger partial charge on any atom is 0.231 e. The van der Waals surface area contributed by atoms with Crippen molar-refractivity contribution in [2.75, 3.05) is 25.3 Å². The largest absolute Gasteiger partial charge is 0.492 e. The average molecular weight is 292 g/mol. The number of anilines is 1. The second-order valence-corrected chi connectivity index (χ2v) is 4.73. The molecule has 4 nitrogen and oxygen atoms in total. The Hall–Kier alpha value is -2.07. The lowest BCUT2D eigenvalue weighted by Gasteiger charge is -2.09. The SMILES string of the molecule is Clc1ccc(OCCNc2ccc3c(c2)OCO3)cc1. The van der Waals surface area contributed by atoms with E-state index in [2.05, 4.69) is 5.32 Å². The van der Waals surface area contributed by atoms with Crippen LogP contribution in [0.2, 0.25) is 5.02 Å². The summed E-state index contributed by atoms with van der Waals surface area (Å²) in [6.07, 6.45) is 0. The number of hydrogen-bond acceptors (Lipinski definition) is 4. The summed E-state index contributed by atoms with van der Waals surface area (Å²) >= 11 is 5.81. The first-order valence-electron chi connectivity index (χ1n) is 6.33. The number of fused-ring (bicyclic) bond motifs is 1. The molecule has 0 atom stereocenters. The van der Waals surface area contributed by atoms with Crippen LogP contribution in [0.25, 0.3) is 0 Å². The van der Waals surface area contributed by atoms with Crippen molar-refractivity contribution in [2.24, 2.45) is 0 Å². The van der Waals surface area contributed by atoms with Gasteiger partial charge in [-0.2, -0.15) is 0 Å². The molecule has 0 unspecified atom stereocenters. The number of benzene rings is 2. The zero-order valence-corrected chi connectivity index (χ0v) is 11.5. The van der Waals surface area contributed by atoms with E-state index in [-0.39, 0.29) is 0 Å². The highest BCUT2D eigenvalue weighted by molar-refractivity contribution is 6.30. The van der Waals surface area contributed by atoms with Gasteiger partial charge in [0.15, 0.2) is 11.5 Å². The van der Waals surface area contributed by atoms with Crippen LogP contribution in [0.1, 0.15) is 0 Å². The highest BCUT2D eigenvalue weighted by Crippen LogP contribution is 2.34. The first kappa shape index (κ1) is 12.9. The van der Waals surface area contributed by atoms with E-state index in [4.69, 9.17) is 25.8 Å². The van der Waals surface area contributed by atoms with Gasteiger partial charge in [0.25, 0.3) is 0 Å². The van der Waals surface area contributed by atoms with Crippen LogP contribution in [-0.2, 0) is 0 Å². The monoisotopic (exact) mass is 291 g/mol. The average Bonchev–Trinajstić information content (AvgIpc) is 2.93. The van der Waals surface area contributed by atoms with E-state index in [1.54, 1.807) is 0 Å². The van der Waals surface area contributed by atoms with Crippen LogP contribution >= 0.6 is 11.6 Å². The summed E-state index contributed by atoms with van der Waals surface area (Å²) in [6, 6.07) is 13.1. The third-order valence-corrected chi connectivity index (χ3v) is 3.14. The molecule has 0 aromatic heterocycles. The van der Waals surface area contributed by atoms with Crippen LogP contribution in [0.4, 0.5) is 5.69 Å². The van der Waals surface area contributed by atoms with Gasteiger partial charge in [0.2, 0.25) is 6.79 Å². The molecule has 1 aliphatic heterocycles. The fourth-order valence-electron chi connectivity index (χ4n) is 1.90. The third kappa shape index (κ3) is 3.08. The Kier molecular flexibility index (Phi) is 3.83. The number of halogens is 1. The normalized spacial score (nSPS) is 12.2. The fraction of sp³-hybridized carbons (Fsp3) is 0.200. The maximum absolute atomic E-state index is 5.81. The summed E-state index contributed by atoms with van der Waals surface area (Å²) in [5, 5.41) is 3.97. The van der Waals surface area contributed by atoms with Gasteiger partial charge in [0.05, 0.1) is 0 Å². The van der Waals surface area contributed by atoms with E-state index in [0.29, 0.717) is 25.0 Å². The molecule has 2 aromatic rings. The van der Waals surface area contributed by atoms with E-state index in [1.165, 1.54) is 0 Å². The molecule has 5 heteroatoms. The Labute approximate surface area is 122 Å². The Bertz CT molecular complexity index is 586. The topological polar surface area (TPSA) is 39.7 Å². The van der Waals surface area contributed by atoms with Gasteiger partial charge in [-0.3, -0.25) is 0 Å². The van der Waals surface area contributed by atoms with Crippen molar-refractivity contribution in [2.45, 2.75) is 0 Å². The molecule has 0 bridgehead atoms. The summed E-state index contributed by atoms with van der Waals surface area (Å²) in [5.41, 5.74) is 0.981. The predicted octanol–water partition coefficient (Wildman–Crippen LogP) is 3.56.